The summed E-state index contributed by atoms with van der Waals surface area (Å²) in [7, 11) is 0. The number of alkyl halides is 3. The summed E-state index contributed by atoms with van der Waals surface area (Å²) in [5.74, 6) is 0.236. The highest BCUT2D eigenvalue weighted by molar-refractivity contribution is 5.88. The Labute approximate surface area is 160 Å². The van der Waals surface area contributed by atoms with E-state index in [1.807, 2.05) is 0 Å². The van der Waals surface area contributed by atoms with Crippen LogP contribution in [0.3, 0.4) is 0 Å². The van der Waals surface area contributed by atoms with Crippen LogP contribution in [0.2, 0.25) is 0 Å². The molecule has 0 saturated heterocycles. The first kappa shape index (κ1) is 21.3. The summed E-state index contributed by atoms with van der Waals surface area (Å²) < 4.78 is 43.5. The molecule has 0 spiro atoms. The van der Waals surface area contributed by atoms with Gasteiger partial charge in [-0.25, -0.2) is 9.78 Å². The van der Waals surface area contributed by atoms with Crippen molar-refractivity contribution in [2.24, 2.45) is 0 Å². The molecular formula is C19H20F3N3O3. The first-order valence-corrected chi connectivity index (χ1v) is 8.35. The van der Waals surface area contributed by atoms with Gasteiger partial charge in [-0.05, 0) is 51.0 Å². The number of carbonyl (C=O) groups excluding carboxylic acids is 2. The fraction of sp³-hybridized carbons (Fsp3) is 0.368. The number of ether oxygens (including phenoxy) is 1. The van der Waals surface area contributed by atoms with Crippen molar-refractivity contribution in [3.05, 3.63) is 53.0 Å². The maximum Gasteiger partial charge on any atom is 0.433 e. The lowest BCUT2D eigenvalue weighted by Crippen LogP contribution is -2.37. The zero-order valence-electron chi connectivity index (χ0n) is 15.9. The number of amides is 1. The van der Waals surface area contributed by atoms with Gasteiger partial charge < -0.3 is 4.74 Å². The Bertz CT molecular complexity index is 859. The van der Waals surface area contributed by atoms with Crippen molar-refractivity contribution < 1.29 is 27.5 Å². The van der Waals surface area contributed by atoms with E-state index in [0.29, 0.717) is 23.0 Å². The van der Waals surface area contributed by atoms with Crippen LogP contribution >= 0.6 is 0 Å². The molecule has 0 bridgehead atoms. The maximum atomic E-state index is 12.7. The lowest BCUT2D eigenvalue weighted by Gasteiger charge is -2.27. The number of hydrogen-bond donors (Lipinski definition) is 0. The molecule has 0 radical (unpaired) electrons. The normalized spacial score (nSPS) is 11.8. The number of hydrogen-bond acceptors (Lipinski definition) is 5. The molecule has 1 amide bonds. The van der Waals surface area contributed by atoms with Crippen LogP contribution in [0.1, 0.15) is 48.0 Å². The fourth-order valence-corrected chi connectivity index (χ4v) is 2.35. The third-order valence-electron chi connectivity index (χ3n) is 3.53. The number of halogens is 3. The highest BCUT2D eigenvalue weighted by atomic mass is 19.4. The van der Waals surface area contributed by atoms with Gasteiger partial charge >= 0.3 is 12.3 Å². The van der Waals surface area contributed by atoms with Gasteiger partial charge in [-0.1, -0.05) is 6.07 Å². The van der Waals surface area contributed by atoms with E-state index in [1.54, 1.807) is 33.8 Å². The molecule has 9 heteroatoms. The number of pyridine rings is 2. The van der Waals surface area contributed by atoms with E-state index in [1.165, 1.54) is 17.2 Å². The minimum Gasteiger partial charge on any atom is -0.443 e. The van der Waals surface area contributed by atoms with Crippen LogP contribution in [0.4, 0.5) is 23.8 Å². The molecule has 2 heterocycles. The zero-order valence-corrected chi connectivity index (χ0v) is 15.9. The Morgan fingerprint density at radius 1 is 1.18 bits per heavy atom. The largest absolute Gasteiger partial charge is 0.443 e. The van der Waals surface area contributed by atoms with Crippen molar-refractivity contribution in [2.45, 2.75) is 46.0 Å². The van der Waals surface area contributed by atoms with Crippen molar-refractivity contribution in [1.82, 2.24) is 9.97 Å². The number of anilines is 1. The summed E-state index contributed by atoms with van der Waals surface area (Å²) in [6.07, 6.45) is -2.29. The summed E-state index contributed by atoms with van der Waals surface area (Å²) in [6, 6.07) is 3.64. The first-order chi connectivity index (χ1) is 12.9. The average Bonchev–Trinajstić information content (AvgIpc) is 2.58. The van der Waals surface area contributed by atoms with E-state index in [4.69, 9.17) is 4.74 Å². The molecule has 2 rings (SSSR count). The average molecular weight is 395 g/mol. The van der Waals surface area contributed by atoms with Crippen molar-refractivity contribution in [3.63, 3.8) is 0 Å². The minimum atomic E-state index is -4.55. The molecule has 0 aliphatic heterocycles. The monoisotopic (exact) mass is 395 g/mol. The Hall–Kier alpha value is -2.97. The molecule has 28 heavy (non-hydrogen) atoms. The molecule has 2 aromatic rings. The first-order valence-electron chi connectivity index (χ1n) is 8.35. The Balaban J connectivity index is 2.38. The quantitative estimate of drug-likeness (QED) is 0.710. The van der Waals surface area contributed by atoms with Gasteiger partial charge in [0.1, 0.15) is 17.1 Å². The fourth-order valence-electron chi connectivity index (χ4n) is 2.35. The molecule has 0 aliphatic rings. The minimum absolute atomic E-state index is 0.103. The predicted molar refractivity (Wildman–Crippen MR) is 96.0 cm³/mol. The molecule has 6 nitrogen and oxygen atoms in total. The van der Waals surface area contributed by atoms with Crippen LogP contribution in [0, 0.1) is 6.92 Å². The molecule has 0 fully saturated rings. The van der Waals surface area contributed by atoms with Crippen molar-refractivity contribution >= 4 is 18.2 Å². The molecule has 0 N–H and O–H groups in total. The van der Waals surface area contributed by atoms with Gasteiger partial charge in [-0.2, -0.15) is 13.2 Å². The molecular weight excluding hydrogens is 375 g/mol. The van der Waals surface area contributed by atoms with Crippen LogP contribution < -0.4 is 4.90 Å². The van der Waals surface area contributed by atoms with Crippen LogP contribution in [0.15, 0.2) is 30.6 Å². The molecule has 150 valence electrons. The summed E-state index contributed by atoms with van der Waals surface area (Å²) in [5, 5.41) is 0. The second-order valence-corrected chi connectivity index (χ2v) is 7.14. The van der Waals surface area contributed by atoms with Crippen molar-refractivity contribution in [3.8, 4) is 0 Å². The molecule has 0 saturated carbocycles. The lowest BCUT2D eigenvalue weighted by molar-refractivity contribution is -0.141. The SMILES string of the molecule is Cc1cc(C=O)cnc1N(Cc1ccc(C(F)(F)F)nc1)C(=O)OC(C)(C)C. The molecule has 0 aliphatic carbocycles. The van der Waals surface area contributed by atoms with E-state index in [9.17, 15) is 22.8 Å². The Morgan fingerprint density at radius 3 is 2.32 bits per heavy atom. The van der Waals surface area contributed by atoms with Crippen LogP contribution in [-0.4, -0.2) is 27.9 Å². The Kier molecular flexibility index (Phi) is 6.06. The molecule has 0 unspecified atom stereocenters. The van der Waals surface area contributed by atoms with Gasteiger partial charge in [-0.15, -0.1) is 0 Å². The van der Waals surface area contributed by atoms with Crippen LogP contribution in [-0.2, 0) is 17.5 Å². The van der Waals surface area contributed by atoms with Gasteiger partial charge in [-0.3, -0.25) is 14.7 Å². The second-order valence-electron chi connectivity index (χ2n) is 7.14. The number of carbonyl (C=O) groups is 2. The van der Waals surface area contributed by atoms with Gasteiger partial charge in [0.05, 0.1) is 6.54 Å². The number of nitrogens with zero attached hydrogens (tertiary/aromatic N) is 3. The highest BCUT2D eigenvalue weighted by Gasteiger charge is 2.32. The number of aromatic nitrogens is 2. The number of aldehydes is 1. The van der Waals surface area contributed by atoms with Crippen LogP contribution in [0.25, 0.3) is 0 Å². The van der Waals surface area contributed by atoms with E-state index in [0.717, 1.165) is 12.3 Å². The summed E-state index contributed by atoms with van der Waals surface area (Å²) in [5.41, 5.74) is -0.578. The number of rotatable bonds is 4. The van der Waals surface area contributed by atoms with E-state index in [-0.39, 0.29) is 12.4 Å². The van der Waals surface area contributed by atoms with Crippen molar-refractivity contribution in [1.29, 1.82) is 0 Å². The third-order valence-corrected chi connectivity index (χ3v) is 3.53. The van der Waals surface area contributed by atoms with E-state index in [2.05, 4.69) is 9.97 Å². The lowest BCUT2D eigenvalue weighted by atomic mass is 10.2. The Morgan fingerprint density at radius 2 is 1.86 bits per heavy atom. The van der Waals surface area contributed by atoms with Gasteiger partial charge in [0.15, 0.2) is 6.29 Å². The van der Waals surface area contributed by atoms with Gasteiger partial charge in [0.2, 0.25) is 0 Å². The number of aryl methyl sites for hydroxylation is 1. The smallest absolute Gasteiger partial charge is 0.433 e. The highest BCUT2D eigenvalue weighted by Crippen LogP contribution is 2.28. The second kappa shape index (κ2) is 7.95. The third kappa shape index (κ3) is 5.51. The topological polar surface area (TPSA) is 72.4 Å². The van der Waals surface area contributed by atoms with Crippen LogP contribution in [0.5, 0.6) is 0 Å². The summed E-state index contributed by atoms with van der Waals surface area (Å²) >= 11 is 0. The van der Waals surface area contributed by atoms with E-state index < -0.39 is 23.6 Å². The standard InChI is InChI=1S/C19H20F3N3O3/c1-12-7-14(11-26)9-24-16(12)25(17(27)28-18(2,3)4)10-13-5-6-15(23-8-13)19(20,21)22/h5-9,11H,10H2,1-4H3. The summed E-state index contributed by atoms with van der Waals surface area (Å²) in [4.78, 5) is 32.4. The molecule has 0 atom stereocenters. The molecule has 2 aromatic heterocycles. The predicted octanol–water partition coefficient (Wildman–Crippen LogP) is 4.56. The van der Waals surface area contributed by atoms with E-state index >= 15 is 0 Å². The summed E-state index contributed by atoms with van der Waals surface area (Å²) in [6.45, 7) is 6.64. The molecule has 0 aromatic carbocycles. The van der Waals surface area contributed by atoms with Crippen molar-refractivity contribution in [2.75, 3.05) is 4.90 Å². The van der Waals surface area contributed by atoms with Gasteiger partial charge in [0.25, 0.3) is 0 Å². The van der Waals surface area contributed by atoms with Gasteiger partial charge in [0, 0.05) is 18.0 Å². The maximum absolute atomic E-state index is 12.7. The zero-order chi connectivity index (χ0) is 21.1.